The Kier molecular flexibility index (Phi) is 7.06. The molecule has 0 aliphatic heterocycles. The molecule has 0 saturated heterocycles. The van der Waals surface area contributed by atoms with E-state index in [1.807, 2.05) is 51.1 Å². The van der Waals surface area contributed by atoms with Gasteiger partial charge in [0.25, 0.3) is 0 Å². The van der Waals surface area contributed by atoms with E-state index in [1.54, 1.807) is 48.5 Å². The van der Waals surface area contributed by atoms with Crippen LogP contribution in [0.2, 0.25) is 0 Å². The summed E-state index contributed by atoms with van der Waals surface area (Å²) in [6.45, 7) is 5.72. The average Bonchev–Trinajstić information content (AvgIpc) is 2.71. The number of rotatable bonds is 7. The standard InChI is InChI=1S/C26H27F3O2/c1-25(2,3)21-14-12-20(13-15-21)24(26(27,28)29)18-30-17-19-8-7-11-23(16-19)31-22-9-5-4-6-10-22/h4-16,24H,17-18H2,1-3H3. The van der Waals surface area contributed by atoms with Crippen LogP contribution in [0.5, 0.6) is 11.5 Å². The molecule has 0 radical (unpaired) electrons. The molecule has 3 aromatic rings. The van der Waals surface area contributed by atoms with Gasteiger partial charge in [-0.05, 0) is 46.4 Å². The van der Waals surface area contributed by atoms with Crippen molar-refractivity contribution in [1.29, 1.82) is 0 Å². The topological polar surface area (TPSA) is 18.5 Å². The molecule has 0 aliphatic carbocycles. The third-order valence-electron chi connectivity index (χ3n) is 5.00. The van der Waals surface area contributed by atoms with Gasteiger partial charge in [0.1, 0.15) is 17.4 Å². The predicted molar refractivity (Wildman–Crippen MR) is 117 cm³/mol. The van der Waals surface area contributed by atoms with E-state index in [0.29, 0.717) is 11.5 Å². The first-order chi connectivity index (χ1) is 14.6. The maximum Gasteiger partial charge on any atom is 0.397 e. The van der Waals surface area contributed by atoms with Gasteiger partial charge in [-0.25, -0.2) is 0 Å². The average molecular weight is 428 g/mol. The Morgan fingerprint density at radius 3 is 2.03 bits per heavy atom. The largest absolute Gasteiger partial charge is 0.457 e. The summed E-state index contributed by atoms with van der Waals surface area (Å²) in [5.74, 6) is -0.376. The second kappa shape index (κ2) is 9.56. The Labute approximate surface area is 181 Å². The summed E-state index contributed by atoms with van der Waals surface area (Å²) in [7, 11) is 0. The number of ether oxygens (including phenoxy) is 2. The van der Waals surface area contributed by atoms with Gasteiger partial charge in [0.05, 0.1) is 13.2 Å². The van der Waals surface area contributed by atoms with Crippen molar-refractivity contribution < 1.29 is 22.6 Å². The lowest BCUT2D eigenvalue weighted by Gasteiger charge is -2.23. The molecular weight excluding hydrogens is 401 g/mol. The fourth-order valence-corrected chi connectivity index (χ4v) is 3.21. The molecule has 5 heteroatoms. The van der Waals surface area contributed by atoms with Crippen molar-refractivity contribution in [2.75, 3.05) is 6.61 Å². The van der Waals surface area contributed by atoms with Gasteiger partial charge in [0.15, 0.2) is 0 Å². The third kappa shape index (κ3) is 6.59. The van der Waals surface area contributed by atoms with Gasteiger partial charge in [0, 0.05) is 0 Å². The first kappa shape index (κ1) is 22.9. The number of para-hydroxylation sites is 1. The summed E-state index contributed by atoms with van der Waals surface area (Å²) >= 11 is 0. The zero-order chi connectivity index (χ0) is 22.5. The minimum atomic E-state index is -4.39. The van der Waals surface area contributed by atoms with Crippen LogP contribution in [-0.4, -0.2) is 12.8 Å². The van der Waals surface area contributed by atoms with E-state index in [-0.39, 0.29) is 17.6 Å². The van der Waals surface area contributed by atoms with Crippen LogP contribution < -0.4 is 4.74 Å². The summed E-state index contributed by atoms with van der Waals surface area (Å²) < 4.78 is 52.3. The highest BCUT2D eigenvalue weighted by Crippen LogP contribution is 2.36. The van der Waals surface area contributed by atoms with Crippen LogP contribution in [0, 0.1) is 0 Å². The van der Waals surface area contributed by atoms with Gasteiger partial charge in [-0.3, -0.25) is 0 Å². The fraction of sp³-hybridized carbons (Fsp3) is 0.308. The highest BCUT2D eigenvalue weighted by atomic mass is 19.4. The molecule has 0 saturated carbocycles. The molecule has 1 atom stereocenters. The Morgan fingerprint density at radius 1 is 0.774 bits per heavy atom. The minimum absolute atomic E-state index is 0.0681. The zero-order valence-electron chi connectivity index (χ0n) is 17.9. The molecule has 164 valence electrons. The summed E-state index contributed by atoms with van der Waals surface area (Å²) in [5, 5.41) is 0. The van der Waals surface area contributed by atoms with E-state index in [4.69, 9.17) is 9.47 Å². The summed E-state index contributed by atoms with van der Waals surface area (Å²) in [6.07, 6.45) is -4.39. The Bertz CT molecular complexity index is 958. The molecule has 0 aliphatic rings. The first-order valence-electron chi connectivity index (χ1n) is 10.2. The van der Waals surface area contributed by atoms with Crippen LogP contribution in [0.4, 0.5) is 13.2 Å². The minimum Gasteiger partial charge on any atom is -0.457 e. The Hall–Kier alpha value is -2.79. The maximum absolute atomic E-state index is 13.7. The van der Waals surface area contributed by atoms with Crippen molar-refractivity contribution in [3.63, 3.8) is 0 Å². The van der Waals surface area contributed by atoms with Crippen molar-refractivity contribution in [3.8, 4) is 11.5 Å². The van der Waals surface area contributed by atoms with Gasteiger partial charge >= 0.3 is 6.18 Å². The van der Waals surface area contributed by atoms with Crippen LogP contribution in [0.15, 0.2) is 78.9 Å². The van der Waals surface area contributed by atoms with E-state index in [2.05, 4.69) is 0 Å². The lowest BCUT2D eigenvalue weighted by atomic mass is 9.85. The van der Waals surface area contributed by atoms with Gasteiger partial charge in [-0.15, -0.1) is 0 Å². The lowest BCUT2D eigenvalue weighted by Crippen LogP contribution is -2.25. The highest BCUT2D eigenvalue weighted by molar-refractivity contribution is 5.34. The number of hydrogen-bond acceptors (Lipinski definition) is 2. The first-order valence-corrected chi connectivity index (χ1v) is 10.2. The maximum atomic E-state index is 13.7. The Balaban J connectivity index is 1.64. The van der Waals surface area contributed by atoms with E-state index >= 15 is 0 Å². The molecular formula is C26H27F3O2. The lowest BCUT2D eigenvalue weighted by molar-refractivity contribution is -0.163. The highest BCUT2D eigenvalue weighted by Gasteiger charge is 2.41. The van der Waals surface area contributed by atoms with Gasteiger partial charge in [-0.1, -0.05) is 75.4 Å². The normalized spacial score (nSPS) is 13.1. The molecule has 2 nitrogen and oxygen atoms in total. The monoisotopic (exact) mass is 428 g/mol. The molecule has 0 spiro atoms. The van der Waals surface area contributed by atoms with E-state index in [0.717, 1.165) is 11.1 Å². The molecule has 0 amide bonds. The molecule has 31 heavy (non-hydrogen) atoms. The third-order valence-corrected chi connectivity index (χ3v) is 5.00. The van der Waals surface area contributed by atoms with Crippen molar-refractivity contribution in [2.24, 2.45) is 0 Å². The van der Waals surface area contributed by atoms with Gasteiger partial charge in [-0.2, -0.15) is 13.2 Å². The van der Waals surface area contributed by atoms with Crippen LogP contribution in [0.25, 0.3) is 0 Å². The summed E-state index contributed by atoms with van der Waals surface area (Å²) in [6, 6.07) is 23.1. The van der Waals surface area contributed by atoms with Crippen LogP contribution in [0.1, 0.15) is 43.4 Å². The molecule has 0 fully saturated rings. The number of alkyl halides is 3. The second-order valence-electron chi connectivity index (χ2n) is 8.54. The number of hydrogen-bond donors (Lipinski definition) is 0. The predicted octanol–water partition coefficient (Wildman–Crippen LogP) is 7.64. The van der Waals surface area contributed by atoms with E-state index < -0.39 is 18.7 Å². The Morgan fingerprint density at radius 2 is 1.42 bits per heavy atom. The van der Waals surface area contributed by atoms with Crippen molar-refractivity contribution in [3.05, 3.63) is 95.6 Å². The van der Waals surface area contributed by atoms with Crippen molar-refractivity contribution in [2.45, 2.75) is 44.9 Å². The number of halogens is 3. The van der Waals surface area contributed by atoms with E-state index in [1.165, 1.54) is 0 Å². The molecule has 3 rings (SSSR count). The second-order valence-corrected chi connectivity index (χ2v) is 8.54. The van der Waals surface area contributed by atoms with Gasteiger partial charge < -0.3 is 9.47 Å². The summed E-state index contributed by atoms with van der Waals surface area (Å²) in [4.78, 5) is 0. The molecule has 1 unspecified atom stereocenters. The zero-order valence-corrected chi connectivity index (χ0v) is 17.9. The fourth-order valence-electron chi connectivity index (χ4n) is 3.21. The van der Waals surface area contributed by atoms with Crippen molar-refractivity contribution in [1.82, 2.24) is 0 Å². The molecule has 0 bridgehead atoms. The summed E-state index contributed by atoms with van der Waals surface area (Å²) in [5.41, 5.74) is 1.84. The molecule has 0 aromatic heterocycles. The molecule has 3 aromatic carbocycles. The quantitative estimate of drug-likeness (QED) is 0.385. The van der Waals surface area contributed by atoms with E-state index in [9.17, 15) is 13.2 Å². The molecule has 0 N–H and O–H groups in total. The van der Waals surface area contributed by atoms with Crippen LogP contribution >= 0.6 is 0 Å². The molecule has 0 heterocycles. The van der Waals surface area contributed by atoms with Crippen molar-refractivity contribution >= 4 is 0 Å². The van der Waals surface area contributed by atoms with Crippen LogP contribution in [0.3, 0.4) is 0 Å². The SMILES string of the molecule is CC(C)(C)c1ccc(C(COCc2cccc(Oc3ccccc3)c2)C(F)(F)F)cc1. The van der Waals surface area contributed by atoms with Gasteiger partial charge in [0.2, 0.25) is 0 Å². The van der Waals surface area contributed by atoms with Crippen LogP contribution in [-0.2, 0) is 16.8 Å². The number of benzene rings is 3. The smallest absolute Gasteiger partial charge is 0.397 e.